The van der Waals surface area contributed by atoms with E-state index in [1.54, 1.807) is 7.11 Å². The molecule has 1 aromatic carbocycles. The van der Waals surface area contributed by atoms with Crippen LogP contribution in [-0.4, -0.2) is 17.3 Å². The quantitative estimate of drug-likeness (QED) is 0.803. The van der Waals surface area contributed by atoms with E-state index in [1.165, 1.54) is 11.3 Å². The van der Waals surface area contributed by atoms with Crippen molar-refractivity contribution in [2.24, 2.45) is 0 Å². The molecular formula is C11H14N4OS. The maximum atomic E-state index is 5.83. The molecule has 2 rings (SSSR count). The van der Waals surface area contributed by atoms with Gasteiger partial charge in [-0.25, -0.2) is 0 Å². The zero-order valence-corrected chi connectivity index (χ0v) is 10.3. The fourth-order valence-corrected chi connectivity index (χ4v) is 2.17. The Balaban J connectivity index is 2.02. The molecule has 6 heteroatoms. The largest absolute Gasteiger partial charge is 0.495 e. The number of ether oxygens (including phenoxy) is 1. The highest BCUT2D eigenvalue weighted by molar-refractivity contribution is 7.15. The minimum Gasteiger partial charge on any atom is -0.495 e. The van der Waals surface area contributed by atoms with Crippen molar-refractivity contribution in [3.63, 3.8) is 0 Å². The van der Waals surface area contributed by atoms with Crippen molar-refractivity contribution in [3.8, 4) is 5.75 Å². The molecule has 0 aliphatic rings. The lowest BCUT2D eigenvalue weighted by molar-refractivity contribution is 0.417. The molecule has 4 N–H and O–H groups in total. The molecule has 1 aromatic heterocycles. The van der Waals surface area contributed by atoms with Gasteiger partial charge in [-0.15, -0.1) is 10.2 Å². The number of hydrogen-bond acceptors (Lipinski definition) is 6. The van der Waals surface area contributed by atoms with Gasteiger partial charge in [-0.2, -0.15) is 0 Å². The van der Waals surface area contributed by atoms with Gasteiger partial charge in [-0.1, -0.05) is 17.4 Å². The third-order valence-corrected chi connectivity index (χ3v) is 3.22. The average molecular weight is 250 g/mol. The summed E-state index contributed by atoms with van der Waals surface area (Å²) in [5.41, 5.74) is 13.2. The van der Waals surface area contributed by atoms with Crippen molar-refractivity contribution in [1.29, 1.82) is 0 Å². The molecular weight excluding hydrogens is 236 g/mol. The summed E-state index contributed by atoms with van der Waals surface area (Å²) in [5.74, 6) is 0.703. The van der Waals surface area contributed by atoms with E-state index in [0.29, 0.717) is 16.6 Å². The van der Waals surface area contributed by atoms with Crippen LogP contribution in [0.3, 0.4) is 0 Å². The smallest absolute Gasteiger partial charge is 0.203 e. The molecule has 0 radical (unpaired) electrons. The second-order valence-electron chi connectivity index (χ2n) is 3.61. The first-order valence-electron chi connectivity index (χ1n) is 5.19. The number of aromatic nitrogens is 2. The Morgan fingerprint density at radius 2 is 2.06 bits per heavy atom. The van der Waals surface area contributed by atoms with E-state index in [4.69, 9.17) is 16.2 Å². The lowest BCUT2D eigenvalue weighted by atomic mass is 10.1. The Hall–Kier alpha value is -1.82. The Morgan fingerprint density at radius 3 is 2.65 bits per heavy atom. The maximum Gasteiger partial charge on any atom is 0.203 e. The summed E-state index contributed by atoms with van der Waals surface area (Å²) in [6.07, 6.45) is 1.68. The third kappa shape index (κ3) is 2.85. The van der Waals surface area contributed by atoms with Crippen LogP contribution in [0.2, 0.25) is 0 Å². The zero-order valence-electron chi connectivity index (χ0n) is 9.51. The first-order valence-corrected chi connectivity index (χ1v) is 6.01. The first kappa shape index (κ1) is 11.7. The summed E-state index contributed by atoms with van der Waals surface area (Å²) in [6.45, 7) is 0. The van der Waals surface area contributed by atoms with Crippen LogP contribution in [0.25, 0.3) is 0 Å². The monoisotopic (exact) mass is 250 g/mol. The van der Waals surface area contributed by atoms with Gasteiger partial charge in [0.2, 0.25) is 5.13 Å². The van der Waals surface area contributed by atoms with Crippen LogP contribution in [-0.2, 0) is 12.8 Å². The van der Waals surface area contributed by atoms with Gasteiger partial charge in [0, 0.05) is 6.42 Å². The Bertz CT molecular complexity index is 512. The van der Waals surface area contributed by atoms with Crippen molar-refractivity contribution in [2.45, 2.75) is 12.8 Å². The molecule has 0 aliphatic heterocycles. The fraction of sp³-hybridized carbons (Fsp3) is 0.273. The Morgan fingerprint density at radius 1 is 1.24 bits per heavy atom. The fourth-order valence-electron chi connectivity index (χ4n) is 1.56. The van der Waals surface area contributed by atoms with Crippen LogP contribution >= 0.6 is 11.3 Å². The predicted octanol–water partition coefficient (Wildman–Crippen LogP) is 1.50. The van der Waals surface area contributed by atoms with Crippen LogP contribution in [0.1, 0.15) is 10.6 Å². The summed E-state index contributed by atoms with van der Waals surface area (Å²) >= 11 is 1.42. The van der Waals surface area contributed by atoms with E-state index in [0.717, 1.165) is 23.4 Å². The van der Waals surface area contributed by atoms with Gasteiger partial charge in [0.15, 0.2) is 0 Å². The van der Waals surface area contributed by atoms with Gasteiger partial charge >= 0.3 is 0 Å². The van der Waals surface area contributed by atoms with Crippen molar-refractivity contribution in [1.82, 2.24) is 10.2 Å². The van der Waals surface area contributed by atoms with Crippen molar-refractivity contribution < 1.29 is 4.74 Å². The van der Waals surface area contributed by atoms with Gasteiger partial charge in [0.25, 0.3) is 0 Å². The molecule has 0 aliphatic carbocycles. The Labute approximate surface area is 103 Å². The van der Waals surface area contributed by atoms with Crippen LogP contribution in [0.4, 0.5) is 10.8 Å². The number of nitrogens with two attached hydrogens (primary N) is 2. The van der Waals surface area contributed by atoms with Crippen molar-refractivity contribution in [3.05, 3.63) is 28.8 Å². The van der Waals surface area contributed by atoms with Gasteiger partial charge in [-0.05, 0) is 24.1 Å². The van der Waals surface area contributed by atoms with E-state index in [-0.39, 0.29) is 0 Å². The molecule has 90 valence electrons. The SMILES string of the molecule is COc1ccc(CCc2nnc(N)s2)cc1N. The average Bonchev–Trinajstić information content (AvgIpc) is 2.73. The molecule has 0 bridgehead atoms. The second kappa shape index (κ2) is 5.01. The minimum atomic E-state index is 0.509. The van der Waals surface area contributed by atoms with E-state index >= 15 is 0 Å². The molecule has 0 fully saturated rings. The lowest BCUT2D eigenvalue weighted by Crippen LogP contribution is -1.96. The molecule has 0 spiro atoms. The number of aryl methyl sites for hydroxylation is 2. The van der Waals surface area contributed by atoms with Gasteiger partial charge in [0.05, 0.1) is 12.8 Å². The number of anilines is 2. The van der Waals surface area contributed by atoms with Gasteiger partial charge in [0.1, 0.15) is 10.8 Å². The summed E-state index contributed by atoms with van der Waals surface area (Å²) in [4.78, 5) is 0. The second-order valence-corrected chi connectivity index (χ2v) is 4.70. The predicted molar refractivity (Wildman–Crippen MR) is 69.1 cm³/mol. The van der Waals surface area contributed by atoms with Crippen LogP contribution in [0.5, 0.6) is 5.75 Å². The van der Waals surface area contributed by atoms with Crippen LogP contribution < -0.4 is 16.2 Å². The molecule has 17 heavy (non-hydrogen) atoms. The molecule has 1 heterocycles. The number of nitrogen functional groups attached to an aromatic ring is 2. The highest BCUT2D eigenvalue weighted by atomic mass is 32.1. The number of benzene rings is 1. The van der Waals surface area contributed by atoms with Crippen molar-refractivity contribution in [2.75, 3.05) is 18.6 Å². The number of rotatable bonds is 4. The molecule has 0 atom stereocenters. The summed E-state index contributed by atoms with van der Waals surface area (Å²) in [5, 5.41) is 9.20. The summed E-state index contributed by atoms with van der Waals surface area (Å²) < 4.78 is 5.10. The summed E-state index contributed by atoms with van der Waals surface area (Å²) in [6, 6.07) is 5.79. The number of hydrogen-bond donors (Lipinski definition) is 2. The highest BCUT2D eigenvalue weighted by Gasteiger charge is 2.04. The van der Waals surface area contributed by atoms with Gasteiger partial charge < -0.3 is 16.2 Å². The normalized spacial score (nSPS) is 10.4. The van der Waals surface area contributed by atoms with E-state index in [2.05, 4.69) is 10.2 Å². The first-order chi connectivity index (χ1) is 8.19. The van der Waals surface area contributed by atoms with Crippen molar-refractivity contribution >= 4 is 22.2 Å². The van der Waals surface area contributed by atoms with E-state index < -0.39 is 0 Å². The molecule has 0 saturated heterocycles. The van der Waals surface area contributed by atoms with Crippen LogP contribution in [0.15, 0.2) is 18.2 Å². The van der Waals surface area contributed by atoms with E-state index in [1.807, 2.05) is 18.2 Å². The molecule has 0 saturated carbocycles. The number of methoxy groups -OCH3 is 1. The molecule has 0 amide bonds. The van der Waals surface area contributed by atoms with Crippen LogP contribution in [0, 0.1) is 0 Å². The number of nitrogens with zero attached hydrogens (tertiary/aromatic N) is 2. The summed E-state index contributed by atoms with van der Waals surface area (Å²) in [7, 11) is 1.61. The standard InChI is InChI=1S/C11H14N4OS/c1-16-9-4-2-7(6-8(9)12)3-5-10-14-15-11(13)17-10/h2,4,6H,3,5,12H2,1H3,(H2,13,15). The maximum absolute atomic E-state index is 5.83. The third-order valence-electron chi connectivity index (χ3n) is 2.40. The lowest BCUT2D eigenvalue weighted by Gasteiger charge is -2.06. The van der Waals surface area contributed by atoms with E-state index in [9.17, 15) is 0 Å². The van der Waals surface area contributed by atoms with Gasteiger partial charge in [-0.3, -0.25) is 0 Å². The molecule has 5 nitrogen and oxygen atoms in total. The zero-order chi connectivity index (χ0) is 12.3. The molecule has 2 aromatic rings. The topological polar surface area (TPSA) is 87.0 Å². The molecule has 0 unspecified atom stereocenters. The Kier molecular flexibility index (Phi) is 3.43. The minimum absolute atomic E-state index is 0.509. The highest BCUT2D eigenvalue weighted by Crippen LogP contribution is 2.23.